The summed E-state index contributed by atoms with van der Waals surface area (Å²) in [6.45, 7) is 1.24. The molecule has 0 saturated carbocycles. The van der Waals surface area contributed by atoms with Crippen molar-refractivity contribution in [2.75, 3.05) is 40.0 Å². The van der Waals surface area contributed by atoms with E-state index in [4.69, 9.17) is 9.47 Å². The summed E-state index contributed by atoms with van der Waals surface area (Å²) in [6.07, 6.45) is 0. The summed E-state index contributed by atoms with van der Waals surface area (Å²) < 4.78 is 22.7. The number of carbonyl (C=O) groups is 2. The highest BCUT2D eigenvalue weighted by Crippen LogP contribution is 2.02. The number of hydrogen-bond acceptors (Lipinski definition) is 4. The minimum atomic E-state index is -0.468. The number of amides is 2. The van der Waals surface area contributed by atoms with Gasteiger partial charge in [0.05, 0.1) is 13.2 Å². The van der Waals surface area contributed by atoms with Gasteiger partial charge in [-0.15, -0.1) is 0 Å². The van der Waals surface area contributed by atoms with Crippen molar-refractivity contribution >= 4 is 11.8 Å². The first-order valence-corrected chi connectivity index (χ1v) is 6.50. The van der Waals surface area contributed by atoms with Crippen LogP contribution in [0, 0.1) is 5.82 Å². The van der Waals surface area contributed by atoms with Crippen molar-refractivity contribution in [2.45, 2.75) is 0 Å². The molecule has 6 nitrogen and oxygen atoms in total. The number of ether oxygens (including phenoxy) is 2. The van der Waals surface area contributed by atoms with Crippen molar-refractivity contribution in [1.82, 2.24) is 10.6 Å². The Morgan fingerprint density at radius 3 is 2.67 bits per heavy atom. The van der Waals surface area contributed by atoms with Crippen molar-refractivity contribution in [3.63, 3.8) is 0 Å². The van der Waals surface area contributed by atoms with Gasteiger partial charge in [-0.25, -0.2) is 4.39 Å². The molecule has 7 heteroatoms. The van der Waals surface area contributed by atoms with Gasteiger partial charge in [-0.05, 0) is 18.2 Å². The van der Waals surface area contributed by atoms with Crippen molar-refractivity contribution in [3.8, 4) is 0 Å². The first-order chi connectivity index (χ1) is 10.1. The van der Waals surface area contributed by atoms with Gasteiger partial charge in [0.1, 0.15) is 12.4 Å². The van der Waals surface area contributed by atoms with E-state index in [2.05, 4.69) is 10.6 Å². The monoisotopic (exact) mass is 298 g/mol. The minimum absolute atomic E-state index is 0.0544. The van der Waals surface area contributed by atoms with E-state index in [1.165, 1.54) is 18.2 Å². The molecule has 0 aliphatic carbocycles. The summed E-state index contributed by atoms with van der Waals surface area (Å²) >= 11 is 0. The summed E-state index contributed by atoms with van der Waals surface area (Å²) in [5.74, 6) is -1.13. The fourth-order valence-corrected chi connectivity index (χ4v) is 1.47. The molecule has 0 radical (unpaired) electrons. The zero-order chi connectivity index (χ0) is 15.5. The van der Waals surface area contributed by atoms with E-state index < -0.39 is 5.82 Å². The maximum absolute atomic E-state index is 12.9. The van der Waals surface area contributed by atoms with E-state index in [1.54, 1.807) is 7.11 Å². The third kappa shape index (κ3) is 7.38. The van der Waals surface area contributed by atoms with Crippen molar-refractivity contribution in [2.24, 2.45) is 0 Å². The van der Waals surface area contributed by atoms with Crippen molar-refractivity contribution in [3.05, 3.63) is 35.6 Å². The van der Waals surface area contributed by atoms with Crippen LogP contribution in [0.25, 0.3) is 0 Å². The molecule has 0 atom stereocenters. The molecule has 1 rings (SSSR count). The summed E-state index contributed by atoms with van der Waals surface area (Å²) in [5.41, 5.74) is 0.240. The van der Waals surface area contributed by atoms with Gasteiger partial charge in [0.25, 0.3) is 5.91 Å². The number of rotatable bonds is 9. The first kappa shape index (κ1) is 17.1. The van der Waals surface area contributed by atoms with Crippen LogP contribution in [-0.2, 0) is 14.3 Å². The van der Waals surface area contributed by atoms with Gasteiger partial charge in [0, 0.05) is 25.8 Å². The smallest absolute Gasteiger partial charge is 0.251 e. The van der Waals surface area contributed by atoms with Gasteiger partial charge in [-0.1, -0.05) is 6.07 Å². The minimum Gasteiger partial charge on any atom is -0.382 e. The highest BCUT2D eigenvalue weighted by molar-refractivity contribution is 5.94. The molecule has 0 bridgehead atoms. The lowest BCUT2D eigenvalue weighted by Gasteiger charge is -2.07. The van der Waals surface area contributed by atoms with E-state index >= 15 is 0 Å². The number of carbonyl (C=O) groups excluding carboxylic acids is 2. The van der Waals surface area contributed by atoms with Crippen LogP contribution >= 0.6 is 0 Å². The molecule has 2 amide bonds. The van der Waals surface area contributed by atoms with Crippen molar-refractivity contribution < 1.29 is 23.5 Å². The average molecular weight is 298 g/mol. The number of nitrogens with one attached hydrogen (secondary N) is 2. The normalized spacial score (nSPS) is 10.2. The lowest BCUT2D eigenvalue weighted by Crippen LogP contribution is -2.36. The Morgan fingerprint density at radius 1 is 1.19 bits per heavy atom. The van der Waals surface area contributed by atoms with Gasteiger partial charge in [-0.3, -0.25) is 9.59 Å². The summed E-state index contributed by atoms with van der Waals surface area (Å²) in [7, 11) is 1.55. The van der Waals surface area contributed by atoms with Crippen LogP contribution in [0.3, 0.4) is 0 Å². The second kappa shape index (κ2) is 9.84. The van der Waals surface area contributed by atoms with Gasteiger partial charge >= 0.3 is 0 Å². The number of benzene rings is 1. The summed E-state index contributed by atoms with van der Waals surface area (Å²) in [4.78, 5) is 23.0. The Balaban J connectivity index is 2.13. The maximum atomic E-state index is 12.9. The number of halogens is 1. The lowest BCUT2D eigenvalue weighted by molar-refractivity contribution is -0.126. The summed E-state index contributed by atoms with van der Waals surface area (Å²) in [5, 5.41) is 5.16. The molecule has 2 N–H and O–H groups in total. The predicted octanol–water partition coefficient (Wildman–Crippen LogP) is 0.335. The number of methoxy groups -OCH3 is 1. The summed E-state index contributed by atoms with van der Waals surface area (Å²) in [6, 6.07) is 5.39. The van der Waals surface area contributed by atoms with Crippen LogP contribution in [0.15, 0.2) is 24.3 Å². The second-order valence-corrected chi connectivity index (χ2v) is 4.16. The molecular formula is C14H19FN2O4. The Kier molecular flexibility index (Phi) is 8.00. The van der Waals surface area contributed by atoms with E-state index in [0.29, 0.717) is 13.2 Å². The third-order valence-corrected chi connectivity index (χ3v) is 2.48. The Morgan fingerprint density at radius 2 is 1.95 bits per heavy atom. The Bertz CT molecular complexity index is 468. The quantitative estimate of drug-likeness (QED) is 0.644. The highest BCUT2D eigenvalue weighted by atomic mass is 19.1. The fraction of sp³-hybridized carbons (Fsp3) is 0.429. The van der Waals surface area contributed by atoms with Crippen LogP contribution in [0.5, 0.6) is 0 Å². The Hall–Kier alpha value is -1.99. The molecule has 21 heavy (non-hydrogen) atoms. The molecule has 0 saturated heterocycles. The first-order valence-electron chi connectivity index (χ1n) is 6.50. The largest absolute Gasteiger partial charge is 0.382 e. The maximum Gasteiger partial charge on any atom is 0.251 e. The molecule has 0 aliphatic heterocycles. The van der Waals surface area contributed by atoms with Gasteiger partial charge in [0.2, 0.25) is 5.91 Å². The molecule has 0 unspecified atom stereocenters. The topological polar surface area (TPSA) is 76.7 Å². The molecule has 0 aromatic heterocycles. The average Bonchev–Trinajstić information content (AvgIpc) is 2.48. The molecule has 0 fully saturated rings. The van der Waals surface area contributed by atoms with E-state index in [-0.39, 0.29) is 37.1 Å². The second-order valence-electron chi connectivity index (χ2n) is 4.16. The predicted molar refractivity (Wildman–Crippen MR) is 74.4 cm³/mol. The highest BCUT2D eigenvalue weighted by Gasteiger charge is 2.06. The van der Waals surface area contributed by atoms with Crippen LogP contribution in [0.1, 0.15) is 10.4 Å². The standard InChI is InChI=1S/C14H19FN2O4/c1-20-7-8-21-10-13(18)16-5-6-17-14(19)11-3-2-4-12(15)9-11/h2-4,9H,5-8,10H2,1H3,(H,16,18)(H,17,19). The third-order valence-electron chi connectivity index (χ3n) is 2.48. The molecule has 116 valence electrons. The van der Waals surface area contributed by atoms with Gasteiger partial charge < -0.3 is 20.1 Å². The van der Waals surface area contributed by atoms with E-state index in [1.807, 2.05) is 0 Å². The number of hydrogen-bond donors (Lipinski definition) is 2. The van der Waals surface area contributed by atoms with Crippen molar-refractivity contribution in [1.29, 1.82) is 0 Å². The fourth-order valence-electron chi connectivity index (χ4n) is 1.47. The van der Waals surface area contributed by atoms with Crippen LogP contribution < -0.4 is 10.6 Å². The zero-order valence-electron chi connectivity index (χ0n) is 11.9. The van der Waals surface area contributed by atoms with Gasteiger partial charge in [-0.2, -0.15) is 0 Å². The molecule has 1 aromatic carbocycles. The SMILES string of the molecule is COCCOCC(=O)NCCNC(=O)c1cccc(F)c1. The van der Waals surface area contributed by atoms with Crippen LogP contribution in [-0.4, -0.2) is 51.8 Å². The van der Waals surface area contributed by atoms with Gasteiger partial charge in [0.15, 0.2) is 0 Å². The van der Waals surface area contributed by atoms with E-state index in [0.717, 1.165) is 6.07 Å². The molecule has 0 spiro atoms. The lowest BCUT2D eigenvalue weighted by atomic mass is 10.2. The molecular weight excluding hydrogens is 279 g/mol. The Labute approximate surface area is 122 Å². The molecule has 0 heterocycles. The van der Waals surface area contributed by atoms with Crippen LogP contribution in [0.4, 0.5) is 4.39 Å². The zero-order valence-corrected chi connectivity index (χ0v) is 11.9. The van der Waals surface area contributed by atoms with Crippen LogP contribution in [0.2, 0.25) is 0 Å². The van der Waals surface area contributed by atoms with E-state index in [9.17, 15) is 14.0 Å². The molecule has 0 aliphatic rings. The molecule has 1 aromatic rings.